The maximum absolute atomic E-state index is 12.7. The van der Waals surface area contributed by atoms with Crippen molar-refractivity contribution in [2.24, 2.45) is 5.92 Å². The molecule has 2 aliphatic rings. The fraction of sp³-hybridized carbons (Fsp3) is 0.450. The Hall–Kier alpha value is -2.87. The van der Waals surface area contributed by atoms with Gasteiger partial charge in [0.15, 0.2) is 0 Å². The number of fused-ring (bicyclic) bond motifs is 1. The quantitative estimate of drug-likeness (QED) is 0.681. The van der Waals surface area contributed by atoms with Crippen LogP contribution in [0.4, 0.5) is 0 Å². The van der Waals surface area contributed by atoms with Gasteiger partial charge in [0.1, 0.15) is 24.7 Å². The number of esters is 2. The average Bonchev–Trinajstić information content (AvgIpc) is 2.73. The topological polar surface area (TPSA) is 97.4 Å². The van der Waals surface area contributed by atoms with Crippen molar-refractivity contribution < 1.29 is 38.1 Å². The fourth-order valence-electron chi connectivity index (χ4n) is 3.31. The molecule has 28 heavy (non-hydrogen) atoms. The summed E-state index contributed by atoms with van der Waals surface area (Å²) in [6, 6.07) is 6.29. The van der Waals surface area contributed by atoms with Crippen molar-refractivity contribution in [3.8, 4) is 5.75 Å². The van der Waals surface area contributed by atoms with Gasteiger partial charge < -0.3 is 23.7 Å². The molecule has 3 rings (SSSR count). The first-order valence-electron chi connectivity index (χ1n) is 8.96. The van der Waals surface area contributed by atoms with Crippen LogP contribution in [-0.2, 0) is 28.5 Å². The van der Waals surface area contributed by atoms with Gasteiger partial charge in [0.25, 0.3) is 0 Å². The van der Waals surface area contributed by atoms with Crippen molar-refractivity contribution in [1.29, 1.82) is 0 Å². The number of hydrogen-bond donors (Lipinski definition) is 0. The number of ketones is 1. The van der Waals surface area contributed by atoms with E-state index in [0.29, 0.717) is 30.6 Å². The number of Topliss-reactive ketones (excluding diaryl/α,β-unsaturated/α-hetero) is 1. The SMILES string of the molecule is COC(=O)COC1CCC2C(=O)C(Oc3ccc(C(=O)OC)cc3)=COC2C1. The van der Waals surface area contributed by atoms with Crippen molar-refractivity contribution in [2.75, 3.05) is 20.8 Å². The summed E-state index contributed by atoms with van der Waals surface area (Å²) in [7, 11) is 2.61. The smallest absolute Gasteiger partial charge is 0.337 e. The minimum absolute atomic E-state index is 0.113. The molecule has 8 heteroatoms. The van der Waals surface area contributed by atoms with Gasteiger partial charge in [-0.2, -0.15) is 0 Å². The van der Waals surface area contributed by atoms with Crippen molar-refractivity contribution in [3.05, 3.63) is 41.9 Å². The number of ether oxygens (including phenoxy) is 5. The summed E-state index contributed by atoms with van der Waals surface area (Å²) in [6.45, 7) is -0.113. The van der Waals surface area contributed by atoms with E-state index < -0.39 is 11.9 Å². The van der Waals surface area contributed by atoms with E-state index in [1.165, 1.54) is 20.5 Å². The van der Waals surface area contributed by atoms with E-state index in [9.17, 15) is 14.4 Å². The maximum atomic E-state index is 12.7. The molecule has 0 radical (unpaired) electrons. The van der Waals surface area contributed by atoms with E-state index in [1.807, 2.05) is 0 Å². The number of rotatable bonds is 6. The van der Waals surface area contributed by atoms with Crippen LogP contribution in [0.1, 0.15) is 29.6 Å². The van der Waals surface area contributed by atoms with E-state index in [-0.39, 0.29) is 36.3 Å². The average molecular weight is 390 g/mol. The Bertz CT molecular complexity index is 767. The predicted octanol–water partition coefficient (Wildman–Crippen LogP) is 2.02. The first-order valence-corrected chi connectivity index (χ1v) is 8.96. The van der Waals surface area contributed by atoms with Crippen LogP contribution in [0.15, 0.2) is 36.3 Å². The zero-order valence-corrected chi connectivity index (χ0v) is 15.7. The van der Waals surface area contributed by atoms with E-state index >= 15 is 0 Å². The van der Waals surface area contributed by atoms with Gasteiger partial charge in [-0.25, -0.2) is 9.59 Å². The third-order valence-electron chi connectivity index (χ3n) is 4.84. The van der Waals surface area contributed by atoms with Gasteiger partial charge in [-0.05, 0) is 37.1 Å². The summed E-state index contributed by atoms with van der Waals surface area (Å²) in [6.07, 6.45) is 2.60. The van der Waals surface area contributed by atoms with E-state index in [2.05, 4.69) is 9.47 Å². The second kappa shape index (κ2) is 8.88. The first kappa shape index (κ1) is 19.9. The summed E-state index contributed by atoms with van der Waals surface area (Å²) in [5, 5.41) is 0. The molecule has 0 N–H and O–H groups in total. The molecule has 1 heterocycles. The Morgan fingerprint density at radius 2 is 1.86 bits per heavy atom. The zero-order valence-electron chi connectivity index (χ0n) is 15.7. The molecule has 1 fully saturated rings. The number of methoxy groups -OCH3 is 2. The van der Waals surface area contributed by atoms with E-state index in [4.69, 9.17) is 14.2 Å². The Morgan fingerprint density at radius 1 is 1.11 bits per heavy atom. The monoisotopic (exact) mass is 390 g/mol. The molecule has 0 amide bonds. The van der Waals surface area contributed by atoms with Gasteiger partial charge in [-0.1, -0.05) is 0 Å². The lowest BCUT2D eigenvalue weighted by Gasteiger charge is -2.36. The van der Waals surface area contributed by atoms with Crippen molar-refractivity contribution >= 4 is 17.7 Å². The highest BCUT2D eigenvalue weighted by Gasteiger charge is 2.41. The molecule has 0 spiro atoms. The summed E-state index contributed by atoms with van der Waals surface area (Å²) < 4.78 is 26.1. The molecular weight excluding hydrogens is 368 g/mol. The lowest BCUT2D eigenvalue weighted by Crippen LogP contribution is -2.42. The number of benzene rings is 1. The first-order chi connectivity index (χ1) is 13.5. The number of carbonyl (C=O) groups is 3. The van der Waals surface area contributed by atoms with Gasteiger partial charge in [0.05, 0.1) is 31.8 Å². The standard InChI is InChI=1S/C20H22O8/c1-24-18(21)11-26-14-7-8-15-16(9-14)27-10-17(19(15)22)28-13-5-3-12(4-6-13)20(23)25-2/h3-6,10,14-16H,7-9,11H2,1-2H3. The van der Waals surface area contributed by atoms with Crippen molar-refractivity contribution in [2.45, 2.75) is 31.5 Å². The predicted molar refractivity (Wildman–Crippen MR) is 95.5 cm³/mol. The second-order valence-electron chi connectivity index (χ2n) is 6.57. The summed E-state index contributed by atoms with van der Waals surface area (Å²) in [5.41, 5.74) is 0.389. The van der Waals surface area contributed by atoms with Crippen LogP contribution in [0.3, 0.4) is 0 Å². The van der Waals surface area contributed by atoms with Crippen molar-refractivity contribution in [1.82, 2.24) is 0 Å². The maximum Gasteiger partial charge on any atom is 0.337 e. The lowest BCUT2D eigenvalue weighted by molar-refractivity contribution is -0.152. The Labute approximate surface area is 162 Å². The minimum atomic E-state index is -0.447. The van der Waals surface area contributed by atoms with E-state index in [1.54, 1.807) is 24.3 Å². The lowest BCUT2D eigenvalue weighted by atomic mass is 9.80. The molecule has 0 aromatic heterocycles. The van der Waals surface area contributed by atoms with Crippen LogP contribution in [0.25, 0.3) is 0 Å². The molecule has 0 saturated heterocycles. The highest BCUT2D eigenvalue weighted by Crippen LogP contribution is 2.35. The molecule has 1 saturated carbocycles. The Kier molecular flexibility index (Phi) is 6.30. The van der Waals surface area contributed by atoms with Crippen LogP contribution < -0.4 is 4.74 Å². The van der Waals surface area contributed by atoms with Crippen LogP contribution in [0.5, 0.6) is 5.75 Å². The molecule has 3 unspecified atom stereocenters. The van der Waals surface area contributed by atoms with Crippen LogP contribution in [0.2, 0.25) is 0 Å². The molecule has 150 valence electrons. The van der Waals surface area contributed by atoms with Gasteiger partial charge >= 0.3 is 11.9 Å². The number of carbonyl (C=O) groups excluding carboxylic acids is 3. The summed E-state index contributed by atoms with van der Waals surface area (Å²) in [5.74, 6) is -0.772. The third kappa shape index (κ3) is 4.51. The zero-order chi connectivity index (χ0) is 20.1. The van der Waals surface area contributed by atoms with Crippen molar-refractivity contribution in [3.63, 3.8) is 0 Å². The summed E-state index contributed by atoms with van der Waals surface area (Å²) >= 11 is 0. The largest absolute Gasteiger partial charge is 0.493 e. The fourth-order valence-corrected chi connectivity index (χ4v) is 3.31. The summed E-state index contributed by atoms with van der Waals surface area (Å²) in [4.78, 5) is 35.4. The molecule has 8 nitrogen and oxygen atoms in total. The normalized spacial score (nSPS) is 23.7. The minimum Gasteiger partial charge on any atom is -0.493 e. The van der Waals surface area contributed by atoms with Gasteiger partial charge in [0, 0.05) is 6.42 Å². The molecule has 1 aliphatic carbocycles. The van der Waals surface area contributed by atoms with Crippen LogP contribution in [-0.4, -0.2) is 50.8 Å². The molecule has 3 atom stereocenters. The molecule has 0 bridgehead atoms. The van der Waals surface area contributed by atoms with Crippen LogP contribution >= 0.6 is 0 Å². The molecule has 1 aliphatic heterocycles. The third-order valence-corrected chi connectivity index (χ3v) is 4.84. The highest BCUT2D eigenvalue weighted by molar-refractivity contribution is 5.96. The van der Waals surface area contributed by atoms with E-state index in [0.717, 1.165) is 0 Å². The highest BCUT2D eigenvalue weighted by atomic mass is 16.6. The van der Waals surface area contributed by atoms with Gasteiger partial charge in [0.2, 0.25) is 11.5 Å². The second-order valence-corrected chi connectivity index (χ2v) is 6.57. The van der Waals surface area contributed by atoms with Crippen LogP contribution in [0, 0.1) is 5.92 Å². The Morgan fingerprint density at radius 3 is 2.54 bits per heavy atom. The molecule has 1 aromatic rings. The van der Waals surface area contributed by atoms with Gasteiger partial charge in [-0.15, -0.1) is 0 Å². The Balaban J connectivity index is 1.59. The molecular formula is C20H22O8. The number of allylic oxidation sites excluding steroid dienone is 1. The number of hydrogen-bond acceptors (Lipinski definition) is 8. The molecule has 1 aromatic carbocycles. The van der Waals surface area contributed by atoms with Gasteiger partial charge in [-0.3, -0.25) is 4.79 Å².